The van der Waals surface area contributed by atoms with Gasteiger partial charge in [0.2, 0.25) is 0 Å². The zero-order valence-electron chi connectivity index (χ0n) is 15.9. The first-order chi connectivity index (χ1) is 14.9. The lowest BCUT2D eigenvalue weighted by atomic mass is 10.0. The molecule has 0 fully saturated rings. The molecule has 0 atom stereocenters. The average molecular weight is 539 g/mol. The summed E-state index contributed by atoms with van der Waals surface area (Å²) in [6, 6.07) is 20.9. The summed E-state index contributed by atoms with van der Waals surface area (Å²) in [6.07, 6.45) is 1.73. The summed E-state index contributed by atoms with van der Waals surface area (Å²) in [5, 5.41) is 29.4. The summed E-state index contributed by atoms with van der Waals surface area (Å²) in [7, 11) is 0. The van der Waals surface area contributed by atoms with Gasteiger partial charge in [-0.1, -0.05) is 12.1 Å². The highest BCUT2D eigenvalue weighted by Gasteiger charge is 2.11. The zero-order valence-corrected chi connectivity index (χ0v) is 19.1. The topological polar surface area (TPSA) is 99.9 Å². The summed E-state index contributed by atoms with van der Waals surface area (Å²) in [5.74, 6) is 0.570. The van der Waals surface area contributed by atoms with E-state index in [1.165, 1.54) is 12.1 Å². The van der Waals surface area contributed by atoms with Crippen LogP contribution in [0.4, 0.5) is 5.69 Å². The second kappa shape index (κ2) is 10.0. The lowest BCUT2D eigenvalue weighted by molar-refractivity contribution is -0.384. The number of non-ortho nitro benzene ring substituents is 1. The Hall–Kier alpha value is -3.46. The van der Waals surface area contributed by atoms with Crippen LogP contribution in [0.1, 0.15) is 22.3 Å². The third kappa shape index (κ3) is 5.58. The number of hydrogen-bond acceptors (Lipinski definition) is 5. The number of nitro benzene ring substituents is 1. The molecule has 0 saturated heterocycles. The van der Waals surface area contributed by atoms with Gasteiger partial charge in [-0.25, -0.2) is 0 Å². The van der Waals surface area contributed by atoms with Gasteiger partial charge in [0.1, 0.15) is 12.4 Å². The second-order valence-corrected chi connectivity index (χ2v) is 8.10. The highest BCUT2D eigenvalue weighted by atomic mass is 79.9. The summed E-state index contributed by atoms with van der Waals surface area (Å²) >= 11 is 6.99. The standard InChI is InChI=1S/C23H13Br2N3O3/c24-21-10-17(9-19(13-27)18-3-1-2-16(8-18)12-26)11-22(25)23(21)31-14-15-4-6-20(7-5-15)28(29)30/h1-11H,14H2/b19-9-. The fraction of sp³-hybridized carbons (Fsp3) is 0.0435. The van der Waals surface area contributed by atoms with Crippen LogP contribution >= 0.6 is 31.9 Å². The lowest BCUT2D eigenvalue weighted by Gasteiger charge is -2.12. The van der Waals surface area contributed by atoms with E-state index in [4.69, 9.17) is 10.00 Å². The van der Waals surface area contributed by atoms with E-state index in [1.54, 1.807) is 42.5 Å². The second-order valence-electron chi connectivity index (χ2n) is 6.39. The van der Waals surface area contributed by atoms with Gasteiger partial charge in [0.05, 0.1) is 37.1 Å². The van der Waals surface area contributed by atoms with E-state index in [0.717, 1.165) is 11.1 Å². The number of nitro groups is 1. The van der Waals surface area contributed by atoms with Crippen molar-refractivity contribution < 1.29 is 9.66 Å². The van der Waals surface area contributed by atoms with Gasteiger partial charge in [0, 0.05) is 12.1 Å². The van der Waals surface area contributed by atoms with E-state index in [0.29, 0.717) is 31.4 Å². The SMILES string of the molecule is N#C/C(=C/c1cc(Br)c(OCc2ccc([N+](=O)[O-])cc2)c(Br)c1)c1cccc(C#N)c1. The van der Waals surface area contributed by atoms with Crippen LogP contribution < -0.4 is 4.74 Å². The van der Waals surface area contributed by atoms with E-state index >= 15 is 0 Å². The Balaban J connectivity index is 1.82. The number of allylic oxidation sites excluding steroid dienone is 1. The Morgan fingerprint density at radius 2 is 1.74 bits per heavy atom. The number of ether oxygens (including phenoxy) is 1. The summed E-state index contributed by atoms with van der Waals surface area (Å²) in [6.45, 7) is 0.231. The lowest BCUT2D eigenvalue weighted by Crippen LogP contribution is -1.98. The summed E-state index contributed by atoms with van der Waals surface area (Å²) in [4.78, 5) is 10.3. The molecule has 0 radical (unpaired) electrons. The fourth-order valence-electron chi connectivity index (χ4n) is 2.77. The molecule has 0 spiro atoms. The quantitative estimate of drug-likeness (QED) is 0.152. The van der Waals surface area contributed by atoms with Crippen molar-refractivity contribution >= 4 is 49.2 Å². The molecule has 0 amide bonds. The van der Waals surface area contributed by atoms with Gasteiger partial charge in [-0.2, -0.15) is 10.5 Å². The predicted molar refractivity (Wildman–Crippen MR) is 124 cm³/mol. The van der Waals surface area contributed by atoms with Gasteiger partial charge >= 0.3 is 0 Å². The van der Waals surface area contributed by atoms with Gasteiger partial charge in [0.15, 0.2) is 0 Å². The molecule has 0 aliphatic carbocycles. The highest BCUT2D eigenvalue weighted by molar-refractivity contribution is 9.11. The minimum absolute atomic E-state index is 0.0239. The molecule has 8 heteroatoms. The third-order valence-electron chi connectivity index (χ3n) is 4.29. The number of hydrogen-bond donors (Lipinski definition) is 0. The van der Waals surface area contributed by atoms with E-state index in [1.807, 2.05) is 12.1 Å². The monoisotopic (exact) mass is 537 g/mol. The first-order valence-corrected chi connectivity index (χ1v) is 10.5. The molecular formula is C23H13Br2N3O3. The molecule has 0 bridgehead atoms. The van der Waals surface area contributed by atoms with Crippen molar-refractivity contribution in [3.63, 3.8) is 0 Å². The van der Waals surface area contributed by atoms with Crippen LogP contribution in [0.15, 0.2) is 69.6 Å². The molecule has 0 heterocycles. The molecular weight excluding hydrogens is 526 g/mol. The normalized spacial score (nSPS) is 10.8. The van der Waals surface area contributed by atoms with Crippen LogP contribution in [0.3, 0.4) is 0 Å². The molecule has 0 aliphatic heterocycles. The maximum atomic E-state index is 10.8. The largest absolute Gasteiger partial charge is 0.487 e. The van der Waals surface area contributed by atoms with E-state index < -0.39 is 4.92 Å². The van der Waals surface area contributed by atoms with E-state index in [2.05, 4.69) is 44.0 Å². The molecule has 0 N–H and O–H groups in total. The van der Waals surface area contributed by atoms with Crippen molar-refractivity contribution in [3.05, 3.63) is 102 Å². The van der Waals surface area contributed by atoms with Crippen molar-refractivity contribution in [2.75, 3.05) is 0 Å². The summed E-state index contributed by atoms with van der Waals surface area (Å²) in [5.41, 5.74) is 3.15. The number of rotatable bonds is 6. The van der Waals surface area contributed by atoms with Crippen molar-refractivity contribution in [2.24, 2.45) is 0 Å². The molecule has 3 aromatic rings. The van der Waals surface area contributed by atoms with Crippen molar-refractivity contribution in [1.82, 2.24) is 0 Å². The zero-order chi connectivity index (χ0) is 22.4. The Morgan fingerprint density at radius 1 is 1.06 bits per heavy atom. The van der Waals surface area contributed by atoms with Crippen LogP contribution in [-0.4, -0.2) is 4.92 Å². The van der Waals surface area contributed by atoms with E-state index in [-0.39, 0.29) is 12.3 Å². The third-order valence-corrected chi connectivity index (χ3v) is 5.46. The molecule has 152 valence electrons. The molecule has 31 heavy (non-hydrogen) atoms. The Bertz CT molecular complexity index is 1230. The van der Waals surface area contributed by atoms with E-state index in [9.17, 15) is 15.4 Å². The molecule has 3 rings (SSSR count). The number of nitrogens with zero attached hydrogens (tertiary/aromatic N) is 3. The Labute approximate surface area is 195 Å². The van der Waals surface area contributed by atoms with Gasteiger partial charge in [0.25, 0.3) is 5.69 Å². The van der Waals surface area contributed by atoms with Crippen molar-refractivity contribution in [2.45, 2.75) is 6.61 Å². The molecule has 0 saturated carbocycles. The van der Waals surface area contributed by atoms with Gasteiger partial charge in [-0.05, 0) is 91.0 Å². The molecule has 0 unspecified atom stereocenters. The summed E-state index contributed by atoms with van der Waals surface area (Å²) < 4.78 is 7.23. The van der Waals surface area contributed by atoms with Crippen LogP contribution in [0.25, 0.3) is 11.6 Å². The molecule has 0 aliphatic rings. The van der Waals surface area contributed by atoms with Gasteiger partial charge in [-0.3, -0.25) is 10.1 Å². The first-order valence-electron chi connectivity index (χ1n) is 8.89. The van der Waals surface area contributed by atoms with Crippen molar-refractivity contribution in [3.8, 4) is 17.9 Å². The van der Waals surface area contributed by atoms with Gasteiger partial charge in [-0.15, -0.1) is 0 Å². The van der Waals surface area contributed by atoms with Crippen LogP contribution in [0.2, 0.25) is 0 Å². The minimum Gasteiger partial charge on any atom is -0.487 e. The minimum atomic E-state index is -0.448. The maximum absolute atomic E-state index is 10.8. The van der Waals surface area contributed by atoms with Gasteiger partial charge < -0.3 is 4.74 Å². The van der Waals surface area contributed by atoms with Crippen LogP contribution in [-0.2, 0) is 6.61 Å². The smallest absolute Gasteiger partial charge is 0.269 e. The van der Waals surface area contributed by atoms with Crippen LogP contribution in [0, 0.1) is 32.8 Å². The maximum Gasteiger partial charge on any atom is 0.269 e. The number of benzene rings is 3. The average Bonchev–Trinajstić information content (AvgIpc) is 2.77. The highest BCUT2D eigenvalue weighted by Crippen LogP contribution is 2.36. The molecule has 0 aromatic heterocycles. The Morgan fingerprint density at radius 3 is 2.32 bits per heavy atom. The van der Waals surface area contributed by atoms with Crippen molar-refractivity contribution in [1.29, 1.82) is 10.5 Å². The number of nitriles is 2. The predicted octanol–water partition coefficient (Wildman–Crippen LogP) is 6.63. The fourth-order valence-corrected chi connectivity index (χ4v) is 4.22. The van der Waals surface area contributed by atoms with Crippen LogP contribution in [0.5, 0.6) is 5.75 Å². The Kier molecular flexibility index (Phi) is 7.19. The molecule has 3 aromatic carbocycles. The molecule has 6 nitrogen and oxygen atoms in total. The first kappa shape index (κ1) is 22.2. The number of halogens is 2.